The second kappa shape index (κ2) is 8.46. The van der Waals surface area contributed by atoms with Crippen LogP contribution in [-0.4, -0.2) is 64.6 Å². The predicted molar refractivity (Wildman–Crippen MR) is 99.4 cm³/mol. The molecule has 0 unspecified atom stereocenters. The third kappa shape index (κ3) is 4.62. The van der Waals surface area contributed by atoms with Gasteiger partial charge in [-0.1, -0.05) is 6.92 Å². The molecule has 0 aromatic heterocycles. The van der Waals surface area contributed by atoms with Gasteiger partial charge in [-0.2, -0.15) is 4.31 Å². The van der Waals surface area contributed by atoms with E-state index >= 15 is 0 Å². The summed E-state index contributed by atoms with van der Waals surface area (Å²) in [4.78, 5) is 23.9. The molecule has 9 nitrogen and oxygen atoms in total. The van der Waals surface area contributed by atoms with Crippen LogP contribution < -0.4 is 10.1 Å². The first kappa shape index (κ1) is 20.6. The number of hydrogen-bond acceptors (Lipinski definition) is 7. The quantitative estimate of drug-likeness (QED) is 0.661. The third-order valence-corrected chi connectivity index (χ3v) is 6.71. The summed E-state index contributed by atoms with van der Waals surface area (Å²) in [5, 5.41) is 2.55. The number of nitrogens with zero attached hydrogens (tertiary/aromatic N) is 1. The van der Waals surface area contributed by atoms with E-state index in [4.69, 9.17) is 14.2 Å². The van der Waals surface area contributed by atoms with Crippen molar-refractivity contribution in [1.29, 1.82) is 0 Å². The summed E-state index contributed by atoms with van der Waals surface area (Å²) >= 11 is 0. The number of rotatable bonds is 7. The summed E-state index contributed by atoms with van der Waals surface area (Å²) in [5.74, 6) is -0.502. The molecule has 1 aromatic rings. The molecule has 2 aliphatic rings. The van der Waals surface area contributed by atoms with Crippen molar-refractivity contribution in [3.8, 4) is 5.75 Å². The summed E-state index contributed by atoms with van der Waals surface area (Å²) < 4.78 is 42.3. The van der Waals surface area contributed by atoms with E-state index in [2.05, 4.69) is 5.32 Å². The molecule has 2 atom stereocenters. The Balaban J connectivity index is 1.70. The zero-order chi connectivity index (χ0) is 20.3. The number of ether oxygens (including phenoxy) is 3. The standard InChI is InChI=1S/C18H24N2O7S/c1-12-9-14(12)18(22)27-11-17(21)19-15-10-13(3-4-16(15)25-2)28(23,24)20-5-7-26-8-6-20/h3-4,10,12,14H,5-9,11H2,1-2H3,(H,19,21)/t12-,14+/m1/s1. The molecule has 154 valence electrons. The van der Waals surface area contributed by atoms with E-state index in [0.717, 1.165) is 6.42 Å². The predicted octanol–water partition coefficient (Wildman–Crippen LogP) is 0.854. The maximum atomic E-state index is 12.8. The molecule has 1 heterocycles. The highest BCUT2D eigenvalue weighted by Crippen LogP contribution is 2.38. The van der Waals surface area contributed by atoms with Crippen LogP contribution in [0, 0.1) is 11.8 Å². The number of methoxy groups -OCH3 is 1. The summed E-state index contributed by atoms with van der Waals surface area (Å²) in [6.45, 7) is 2.72. The number of carbonyl (C=O) groups is 2. The number of nitrogens with one attached hydrogen (secondary N) is 1. The molecule has 3 rings (SSSR count). The van der Waals surface area contributed by atoms with Gasteiger partial charge in [0.2, 0.25) is 10.0 Å². The number of carbonyl (C=O) groups excluding carboxylic acids is 2. The van der Waals surface area contributed by atoms with Gasteiger partial charge >= 0.3 is 5.97 Å². The minimum Gasteiger partial charge on any atom is -0.495 e. The highest BCUT2D eigenvalue weighted by Gasteiger charge is 2.40. The topological polar surface area (TPSA) is 111 Å². The van der Waals surface area contributed by atoms with Crippen LogP contribution >= 0.6 is 0 Å². The smallest absolute Gasteiger partial charge is 0.309 e. The summed E-state index contributed by atoms with van der Waals surface area (Å²) in [6.07, 6.45) is 0.774. The van der Waals surface area contributed by atoms with Crippen LogP contribution in [0.1, 0.15) is 13.3 Å². The van der Waals surface area contributed by atoms with Crippen LogP contribution in [0.5, 0.6) is 5.75 Å². The molecular formula is C18H24N2O7S. The lowest BCUT2D eigenvalue weighted by molar-refractivity contribution is -0.148. The number of benzene rings is 1. The molecule has 1 saturated heterocycles. The van der Waals surface area contributed by atoms with Crippen molar-refractivity contribution in [1.82, 2.24) is 4.31 Å². The highest BCUT2D eigenvalue weighted by atomic mass is 32.2. The van der Waals surface area contributed by atoms with E-state index in [1.165, 1.54) is 29.6 Å². The lowest BCUT2D eigenvalue weighted by Crippen LogP contribution is -2.40. The Morgan fingerprint density at radius 3 is 2.57 bits per heavy atom. The van der Waals surface area contributed by atoms with E-state index in [-0.39, 0.29) is 35.5 Å². The van der Waals surface area contributed by atoms with Gasteiger partial charge in [0.1, 0.15) is 5.75 Å². The van der Waals surface area contributed by atoms with E-state index in [9.17, 15) is 18.0 Å². The van der Waals surface area contributed by atoms with Crippen LogP contribution in [0.3, 0.4) is 0 Å². The molecule has 1 amide bonds. The van der Waals surface area contributed by atoms with Gasteiger partial charge in [0.15, 0.2) is 6.61 Å². The Bertz CT molecular complexity index is 849. The molecule has 1 N–H and O–H groups in total. The van der Waals surface area contributed by atoms with Crippen molar-refractivity contribution >= 4 is 27.6 Å². The van der Waals surface area contributed by atoms with Gasteiger partial charge in [0.25, 0.3) is 5.91 Å². The van der Waals surface area contributed by atoms with Crippen molar-refractivity contribution in [2.75, 3.05) is 45.3 Å². The van der Waals surface area contributed by atoms with Crippen molar-refractivity contribution in [3.05, 3.63) is 18.2 Å². The summed E-state index contributed by atoms with van der Waals surface area (Å²) in [6, 6.07) is 4.24. The summed E-state index contributed by atoms with van der Waals surface area (Å²) in [7, 11) is -2.31. The van der Waals surface area contributed by atoms with Crippen molar-refractivity contribution in [3.63, 3.8) is 0 Å². The zero-order valence-corrected chi connectivity index (χ0v) is 16.7. The van der Waals surface area contributed by atoms with Crippen molar-refractivity contribution in [2.45, 2.75) is 18.2 Å². The molecule has 28 heavy (non-hydrogen) atoms. The van der Waals surface area contributed by atoms with Crippen LogP contribution in [0.2, 0.25) is 0 Å². The van der Waals surface area contributed by atoms with Gasteiger partial charge in [-0.05, 0) is 30.5 Å². The molecule has 2 fully saturated rings. The lowest BCUT2D eigenvalue weighted by atomic mass is 10.3. The second-order valence-electron chi connectivity index (χ2n) is 6.85. The van der Waals surface area contributed by atoms with Gasteiger partial charge in [-0.15, -0.1) is 0 Å². The molecule has 0 radical (unpaired) electrons. The molecule has 1 aliphatic carbocycles. The third-order valence-electron chi connectivity index (χ3n) is 4.81. The number of morpholine rings is 1. The zero-order valence-electron chi connectivity index (χ0n) is 15.8. The fourth-order valence-corrected chi connectivity index (χ4v) is 4.40. The number of amides is 1. The van der Waals surface area contributed by atoms with Gasteiger partial charge < -0.3 is 19.5 Å². The largest absolute Gasteiger partial charge is 0.495 e. The molecule has 1 saturated carbocycles. The normalized spacial score (nSPS) is 22.4. The minimum absolute atomic E-state index is 0.0364. The first-order valence-electron chi connectivity index (χ1n) is 9.05. The average Bonchev–Trinajstić information content (AvgIpc) is 3.43. The Morgan fingerprint density at radius 1 is 1.29 bits per heavy atom. The number of hydrogen-bond donors (Lipinski definition) is 1. The fourth-order valence-electron chi connectivity index (χ4n) is 2.96. The van der Waals surface area contributed by atoms with E-state index in [0.29, 0.717) is 19.0 Å². The first-order valence-corrected chi connectivity index (χ1v) is 10.5. The maximum Gasteiger partial charge on any atom is 0.309 e. The maximum absolute atomic E-state index is 12.8. The Hall–Kier alpha value is -2.17. The van der Waals surface area contributed by atoms with Crippen molar-refractivity contribution < 1.29 is 32.2 Å². The molecule has 0 bridgehead atoms. The van der Waals surface area contributed by atoms with Gasteiger partial charge in [-0.3, -0.25) is 9.59 Å². The molecule has 0 spiro atoms. The molecular weight excluding hydrogens is 388 g/mol. The number of anilines is 1. The highest BCUT2D eigenvalue weighted by molar-refractivity contribution is 7.89. The first-order chi connectivity index (χ1) is 13.3. The van der Waals surface area contributed by atoms with Crippen LogP contribution in [0.15, 0.2) is 23.1 Å². The SMILES string of the molecule is COc1ccc(S(=O)(=O)N2CCOCC2)cc1NC(=O)COC(=O)[C@H]1C[C@H]1C. The van der Waals surface area contributed by atoms with Gasteiger partial charge in [0.05, 0.1) is 36.8 Å². The van der Waals surface area contributed by atoms with Crippen LogP contribution in [0.25, 0.3) is 0 Å². The van der Waals surface area contributed by atoms with Gasteiger partial charge in [-0.25, -0.2) is 8.42 Å². The fraction of sp³-hybridized carbons (Fsp3) is 0.556. The molecule has 10 heteroatoms. The Morgan fingerprint density at radius 2 is 1.96 bits per heavy atom. The lowest BCUT2D eigenvalue weighted by Gasteiger charge is -2.26. The monoisotopic (exact) mass is 412 g/mol. The minimum atomic E-state index is -3.72. The van der Waals surface area contributed by atoms with Crippen LogP contribution in [-0.2, 0) is 29.1 Å². The molecule has 1 aromatic carbocycles. The molecule has 1 aliphatic heterocycles. The van der Waals surface area contributed by atoms with Crippen LogP contribution in [0.4, 0.5) is 5.69 Å². The number of esters is 1. The second-order valence-corrected chi connectivity index (χ2v) is 8.79. The van der Waals surface area contributed by atoms with E-state index in [1.54, 1.807) is 0 Å². The average molecular weight is 412 g/mol. The summed E-state index contributed by atoms with van der Waals surface area (Å²) in [5.41, 5.74) is 0.192. The van der Waals surface area contributed by atoms with E-state index < -0.39 is 28.5 Å². The Labute approximate surface area is 164 Å². The van der Waals surface area contributed by atoms with E-state index in [1.807, 2.05) is 6.92 Å². The van der Waals surface area contributed by atoms with Crippen molar-refractivity contribution in [2.24, 2.45) is 11.8 Å². The Kier molecular flexibility index (Phi) is 6.21. The van der Waals surface area contributed by atoms with Gasteiger partial charge in [0, 0.05) is 13.1 Å². The number of sulfonamides is 1.